The number of halogens is 1. The van der Waals surface area contributed by atoms with Gasteiger partial charge < -0.3 is 20.1 Å². The van der Waals surface area contributed by atoms with Crippen molar-refractivity contribution in [2.75, 3.05) is 6.61 Å². The normalized spacial score (nSPS) is 19.1. The van der Waals surface area contributed by atoms with Gasteiger partial charge in [-0.3, -0.25) is 4.79 Å². The second kappa shape index (κ2) is 7.36. The first-order valence-electron chi connectivity index (χ1n) is 7.95. The summed E-state index contributed by atoms with van der Waals surface area (Å²) >= 11 is 3.42. The predicted molar refractivity (Wildman–Crippen MR) is 92.9 cm³/mol. The van der Waals surface area contributed by atoms with Crippen molar-refractivity contribution in [1.29, 1.82) is 0 Å². The van der Waals surface area contributed by atoms with Gasteiger partial charge in [-0.05, 0) is 43.0 Å². The quantitative estimate of drug-likeness (QED) is 0.726. The molecule has 1 aromatic carbocycles. The van der Waals surface area contributed by atoms with Gasteiger partial charge in [-0.15, -0.1) is 0 Å². The Morgan fingerprint density at radius 1 is 1.42 bits per heavy atom. The number of rotatable bonds is 5. The van der Waals surface area contributed by atoms with Crippen LogP contribution in [0.5, 0.6) is 0 Å². The molecule has 0 spiro atoms. The Labute approximate surface area is 147 Å². The number of aromatic nitrogens is 1. The molecular formula is C17H19BrN2O4. The largest absolute Gasteiger partial charge is 0.480 e. The van der Waals surface area contributed by atoms with Crippen molar-refractivity contribution < 1.29 is 19.4 Å². The summed E-state index contributed by atoms with van der Waals surface area (Å²) in [4.78, 5) is 26.9. The Hall–Kier alpha value is -1.86. The van der Waals surface area contributed by atoms with Crippen molar-refractivity contribution in [1.82, 2.24) is 10.3 Å². The summed E-state index contributed by atoms with van der Waals surface area (Å²) in [5.41, 5.74) is 1.78. The van der Waals surface area contributed by atoms with Gasteiger partial charge in [0.05, 0.1) is 0 Å². The lowest BCUT2D eigenvalue weighted by Crippen LogP contribution is -2.48. The molecule has 6 nitrogen and oxygen atoms in total. The van der Waals surface area contributed by atoms with Crippen LogP contribution >= 0.6 is 15.9 Å². The number of hydrogen-bond donors (Lipinski definition) is 3. The molecule has 2 unspecified atom stereocenters. The molecule has 24 heavy (non-hydrogen) atoms. The molecule has 128 valence electrons. The van der Waals surface area contributed by atoms with Gasteiger partial charge in [0, 0.05) is 34.6 Å². The summed E-state index contributed by atoms with van der Waals surface area (Å²) in [6, 6.07) is 4.79. The highest BCUT2D eigenvalue weighted by Gasteiger charge is 2.27. The number of carbonyl (C=O) groups is 2. The summed E-state index contributed by atoms with van der Waals surface area (Å²) in [7, 11) is 0. The first kappa shape index (κ1) is 17.0. The molecule has 0 bridgehead atoms. The second-order valence-electron chi connectivity index (χ2n) is 5.96. The van der Waals surface area contributed by atoms with Crippen molar-refractivity contribution in [3.8, 4) is 0 Å². The molecule has 1 aliphatic heterocycles. The van der Waals surface area contributed by atoms with Crippen LogP contribution in [0.4, 0.5) is 0 Å². The van der Waals surface area contributed by atoms with E-state index in [1.165, 1.54) is 0 Å². The highest BCUT2D eigenvalue weighted by molar-refractivity contribution is 9.10. The molecule has 1 aromatic heterocycles. The van der Waals surface area contributed by atoms with Crippen LogP contribution in [0.2, 0.25) is 0 Å². The molecule has 7 heteroatoms. The van der Waals surface area contributed by atoms with Crippen LogP contribution in [-0.4, -0.2) is 40.7 Å². The lowest BCUT2D eigenvalue weighted by molar-refractivity contribution is -0.145. The van der Waals surface area contributed by atoms with Crippen LogP contribution in [0, 0.1) is 0 Å². The lowest BCUT2D eigenvalue weighted by atomic mass is 10.0. The molecule has 2 atom stereocenters. The number of carboxylic acid groups (broad SMARTS) is 1. The zero-order valence-electron chi connectivity index (χ0n) is 13.0. The van der Waals surface area contributed by atoms with Crippen molar-refractivity contribution in [2.24, 2.45) is 0 Å². The number of benzene rings is 1. The Kier molecular flexibility index (Phi) is 5.20. The highest BCUT2D eigenvalue weighted by Crippen LogP contribution is 2.24. The number of H-pyrrole nitrogens is 1. The van der Waals surface area contributed by atoms with Gasteiger partial charge in [-0.25, -0.2) is 4.79 Å². The maximum Gasteiger partial charge on any atom is 0.326 e. The number of aliphatic carboxylic acids is 1. The smallest absolute Gasteiger partial charge is 0.326 e. The number of hydrogen-bond acceptors (Lipinski definition) is 3. The van der Waals surface area contributed by atoms with E-state index < -0.39 is 18.1 Å². The number of ether oxygens (including phenoxy) is 1. The molecule has 1 saturated heterocycles. The minimum absolute atomic E-state index is 0.213. The molecule has 3 N–H and O–H groups in total. The van der Waals surface area contributed by atoms with E-state index in [2.05, 4.69) is 26.2 Å². The molecule has 1 fully saturated rings. The van der Waals surface area contributed by atoms with Crippen LogP contribution in [0.1, 0.15) is 24.8 Å². The van der Waals surface area contributed by atoms with Gasteiger partial charge in [0.2, 0.25) is 5.91 Å². The van der Waals surface area contributed by atoms with Crippen LogP contribution in [0.25, 0.3) is 10.9 Å². The first-order valence-corrected chi connectivity index (χ1v) is 8.74. The van der Waals surface area contributed by atoms with Crippen LogP contribution < -0.4 is 5.32 Å². The molecule has 1 amide bonds. The number of carbonyl (C=O) groups excluding carboxylic acids is 1. The minimum atomic E-state index is -1.05. The van der Waals surface area contributed by atoms with Crippen molar-refractivity contribution in [3.05, 3.63) is 34.4 Å². The molecule has 1 aliphatic rings. The monoisotopic (exact) mass is 394 g/mol. The van der Waals surface area contributed by atoms with Crippen molar-refractivity contribution >= 4 is 38.7 Å². The molecule has 0 aliphatic carbocycles. The van der Waals surface area contributed by atoms with E-state index in [4.69, 9.17) is 4.74 Å². The van der Waals surface area contributed by atoms with Crippen molar-refractivity contribution in [3.63, 3.8) is 0 Å². The van der Waals surface area contributed by atoms with Gasteiger partial charge in [0.1, 0.15) is 12.1 Å². The van der Waals surface area contributed by atoms with Gasteiger partial charge in [0.25, 0.3) is 0 Å². The summed E-state index contributed by atoms with van der Waals surface area (Å²) in [6.45, 7) is 0.548. The van der Waals surface area contributed by atoms with Gasteiger partial charge in [-0.2, -0.15) is 0 Å². The molecule has 0 saturated carbocycles. The van der Waals surface area contributed by atoms with Gasteiger partial charge in [0.15, 0.2) is 0 Å². The van der Waals surface area contributed by atoms with Gasteiger partial charge >= 0.3 is 5.97 Å². The third-order valence-corrected chi connectivity index (χ3v) is 4.73. The fourth-order valence-electron chi connectivity index (χ4n) is 2.95. The molecule has 2 heterocycles. The minimum Gasteiger partial charge on any atom is -0.480 e. The summed E-state index contributed by atoms with van der Waals surface area (Å²) in [6.07, 6.45) is 3.96. The van der Waals surface area contributed by atoms with E-state index >= 15 is 0 Å². The zero-order chi connectivity index (χ0) is 17.1. The Morgan fingerprint density at radius 3 is 2.96 bits per heavy atom. The number of fused-ring (bicyclic) bond motifs is 1. The Balaban J connectivity index is 1.74. The summed E-state index contributed by atoms with van der Waals surface area (Å²) in [5, 5.41) is 13.0. The highest BCUT2D eigenvalue weighted by atomic mass is 79.9. The fourth-order valence-corrected chi connectivity index (χ4v) is 3.31. The van der Waals surface area contributed by atoms with Gasteiger partial charge in [-0.1, -0.05) is 15.9 Å². The maximum absolute atomic E-state index is 12.2. The molecule has 2 aromatic rings. The topological polar surface area (TPSA) is 91.4 Å². The predicted octanol–water partition coefficient (Wildman–Crippen LogP) is 2.61. The summed E-state index contributed by atoms with van der Waals surface area (Å²) in [5.74, 6) is -1.40. The summed E-state index contributed by atoms with van der Waals surface area (Å²) < 4.78 is 6.34. The lowest BCUT2D eigenvalue weighted by Gasteiger charge is -2.23. The van der Waals surface area contributed by atoms with E-state index in [0.717, 1.165) is 33.8 Å². The second-order valence-corrected chi connectivity index (χ2v) is 6.88. The van der Waals surface area contributed by atoms with Crippen LogP contribution in [0.3, 0.4) is 0 Å². The number of nitrogens with one attached hydrogen (secondary N) is 2. The standard InChI is InChI=1S/C17H19BrN2O4/c18-11-4-5-13-12(8-11)10(9-19-13)7-14(17(22)23)20-16(21)15-3-1-2-6-24-15/h4-5,8-9,14-15,19H,1-3,6-7H2,(H,20,21)(H,22,23). The number of aromatic amines is 1. The van der Waals surface area contributed by atoms with E-state index in [-0.39, 0.29) is 12.3 Å². The van der Waals surface area contributed by atoms with Crippen LogP contribution in [0.15, 0.2) is 28.9 Å². The SMILES string of the molecule is O=C(O)C(Cc1c[nH]c2ccc(Br)cc12)NC(=O)C1CCCCO1. The number of amides is 1. The fraction of sp³-hybridized carbons (Fsp3) is 0.412. The van der Waals surface area contributed by atoms with E-state index in [1.54, 1.807) is 6.20 Å². The molecular weight excluding hydrogens is 376 g/mol. The average Bonchev–Trinajstić information content (AvgIpc) is 2.97. The third kappa shape index (κ3) is 3.79. The average molecular weight is 395 g/mol. The Morgan fingerprint density at radius 2 is 2.25 bits per heavy atom. The maximum atomic E-state index is 12.2. The van der Waals surface area contributed by atoms with Crippen LogP contribution in [-0.2, 0) is 20.7 Å². The van der Waals surface area contributed by atoms with E-state index in [1.807, 2.05) is 18.2 Å². The van der Waals surface area contributed by atoms with E-state index in [9.17, 15) is 14.7 Å². The molecule has 3 rings (SSSR count). The Bertz CT molecular complexity index is 752. The van der Waals surface area contributed by atoms with E-state index in [0.29, 0.717) is 13.0 Å². The molecule has 0 radical (unpaired) electrons. The zero-order valence-corrected chi connectivity index (χ0v) is 14.6. The first-order chi connectivity index (χ1) is 11.5. The number of carboxylic acids is 1. The third-order valence-electron chi connectivity index (χ3n) is 4.24. The van der Waals surface area contributed by atoms with Crippen molar-refractivity contribution in [2.45, 2.75) is 37.8 Å².